The number of hydrogen-bond acceptors (Lipinski definition) is 5. The van der Waals surface area contributed by atoms with E-state index in [4.69, 9.17) is 4.74 Å². The fraction of sp³-hybridized carbons (Fsp3) is 0.120. The highest BCUT2D eigenvalue weighted by atomic mass is 16.5. The molecule has 0 aliphatic carbocycles. The minimum Gasteiger partial charge on any atom is -0.465 e. The van der Waals surface area contributed by atoms with Crippen molar-refractivity contribution in [2.24, 2.45) is 0 Å². The van der Waals surface area contributed by atoms with Crippen molar-refractivity contribution in [3.63, 3.8) is 0 Å². The topological polar surface area (TPSA) is 92.8 Å². The van der Waals surface area contributed by atoms with Crippen LogP contribution in [-0.2, 0) is 11.3 Å². The van der Waals surface area contributed by atoms with Gasteiger partial charge in [-0.1, -0.05) is 36.4 Å². The maximum atomic E-state index is 12.9. The first-order valence-corrected chi connectivity index (χ1v) is 9.93. The summed E-state index contributed by atoms with van der Waals surface area (Å²) in [6, 6.07) is 18.5. The lowest BCUT2D eigenvalue weighted by Gasteiger charge is -2.13. The Morgan fingerprint density at radius 3 is 2.28 bits per heavy atom. The molecule has 3 amide bonds. The van der Waals surface area contributed by atoms with E-state index in [2.05, 4.69) is 5.32 Å². The molecule has 3 aromatic carbocycles. The number of carbonyl (C=O) groups excluding carboxylic acids is 4. The van der Waals surface area contributed by atoms with Crippen molar-refractivity contribution >= 4 is 29.4 Å². The smallest absolute Gasteiger partial charge is 0.337 e. The number of imide groups is 1. The normalized spacial score (nSPS) is 12.5. The minimum atomic E-state index is -0.513. The zero-order valence-corrected chi connectivity index (χ0v) is 17.5. The molecule has 0 unspecified atom stereocenters. The number of hydrogen-bond donors (Lipinski definition) is 1. The van der Waals surface area contributed by atoms with Crippen molar-refractivity contribution in [1.29, 1.82) is 0 Å². The number of nitrogens with zero attached hydrogens (tertiary/aromatic N) is 1. The van der Waals surface area contributed by atoms with E-state index >= 15 is 0 Å². The van der Waals surface area contributed by atoms with Crippen LogP contribution in [0.3, 0.4) is 0 Å². The molecule has 0 saturated carbocycles. The summed E-state index contributed by atoms with van der Waals surface area (Å²) in [7, 11) is 1.28. The summed E-state index contributed by atoms with van der Waals surface area (Å²) in [5.74, 6) is -1.80. The Hall–Kier alpha value is -4.26. The highest BCUT2D eigenvalue weighted by Crippen LogP contribution is 2.26. The van der Waals surface area contributed by atoms with Gasteiger partial charge < -0.3 is 10.1 Å². The molecule has 7 nitrogen and oxygen atoms in total. The summed E-state index contributed by atoms with van der Waals surface area (Å²) in [5, 5.41) is 2.76. The standard InChI is InChI=1S/C25H20N2O5/c1-15-8-9-18(25(31)32-2)13-21(15)26-22(28)17-10-11-19-20(12-17)24(30)27(23(19)29)14-16-6-4-3-5-7-16/h3-13H,14H2,1-2H3,(H,26,28). The van der Waals surface area contributed by atoms with Gasteiger partial charge in [-0.2, -0.15) is 0 Å². The zero-order chi connectivity index (χ0) is 22.8. The molecule has 0 saturated heterocycles. The molecule has 7 heteroatoms. The molecule has 160 valence electrons. The van der Waals surface area contributed by atoms with Crippen LogP contribution in [0.25, 0.3) is 0 Å². The number of methoxy groups -OCH3 is 1. The van der Waals surface area contributed by atoms with Gasteiger partial charge in [-0.05, 0) is 48.4 Å². The third-order valence-electron chi connectivity index (χ3n) is 5.32. The number of esters is 1. The van der Waals surface area contributed by atoms with E-state index in [0.29, 0.717) is 11.3 Å². The number of ether oxygens (including phenoxy) is 1. The van der Waals surface area contributed by atoms with Crippen LogP contribution in [0, 0.1) is 6.92 Å². The Labute approximate surface area is 184 Å². The van der Waals surface area contributed by atoms with Gasteiger partial charge in [0, 0.05) is 11.3 Å². The van der Waals surface area contributed by atoms with E-state index < -0.39 is 17.8 Å². The van der Waals surface area contributed by atoms with E-state index in [1.54, 1.807) is 19.1 Å². The molecule has 4 rings (SSSR count). The SMILES string of the molecule is COC(=O)c1ccc(C)c(NC(=O)c2ccc3c(c2)C(=O)N(Cc2ccccc2)C3=O)c1. The van der Waals surface area contributed by atoms with Crippen molar-refractivity contribution < 1.29 is 23.9 Å². The van der Waals surface area contributed by atoms with Gasteiger partial charge >= 0.3 is 5.97 Å². The van der Waals surface area contributed by atoms with Crippen LogP contribution >= 0.6 is 0 Å². The molecule has 1 aliphatic rings. The molecule has 0 bridgehead atoms. The predicted molar refractivity (Wildman–Crippen MR) is 118 cm³/mol. The average molecular weight is 428 g/mol. The molecule has 0 atom stereocenters. The quantitative estimate of drug-likeness (QED) is 0.493. The lowest BCUT2D eigenvalue weighted by Crippen LogP contribution is -2.29. The second-order valence-electron chi connectivity index (χ2n) is 7.42. The fourth-order valence-electron chi connectivity index (χ4n) is 3.54. The van der Waals surface area contributed by atoms with Gasteiger partial charge in [0.15, 0.2) is 0 Å². The van der Waals surface area contributed by atoms with Crippen LogP contribution in [0.15, 0.2) is 66.7 Å². The van der Waals surface area contributed by atoms with Crippen molar-refractivity contribution in [3.8, 4) is 0 Å². The van der Waals surface area contributed by atoms with Crippen LogP contribution in [0.4, 0.5) is 5.69 Å². The molecule has 1 aliphatic heterocycles. The number of nitrogens with one attached hydrogen (secondary N) is 1. The Morgan fingerprint density at radius 2 is 1.56 bits per heavy atom. The molecule has 3 aromatic rings. The monoisotopic (exact) mass is 428 g/mol. The predicted octanol–water partition coefficient (Wildman–Crippen LogP) is 3.83. The van der Waals surface area contributed by atoms with Crippen LogP contribution in [0.5, 0.6) is 0 Å². The van der Waals surface area contributed by atoms with E-state index in [0.717, 1.165) is 11.1 Å². The van der Waals surface area contributed by atoms with Crippen molar-refractivity contribution in [1.82, 2.24) is 4.90 Å². The minimum absolute atomic E-state index is 0.161. The molecule has 0 fully saturated rings. The summed E-state index contributed by atoms with van der Waals surface area (Å²) >= 11 is 0. The molecular weight excluding hydrogens is 408 g/mol. The van der Waals surface area contributed by atoms with Gasteiger partial charge in [0.1, 0.15) is 0 Å². The number of fused-ring (bicyclic) bond motifs is 1. The first-order chi connectivity index (χ1) is 15.4. The molecular formula is C25H20N2O5. The summed E-state index contributed by atoms with van der Waals surface area (Å²) in [4.78, 5) is 51.4. The third-order valence-corrected chi connectivity index (χ3v) is 5.32. The maximum Gasteiger partial charge on any atom is 0.337 e. The summed E-state index contributed by atoms with van der Waals surface area (Å²) in [5.41, 5.74) is 3.04. The first-order valence-electron chi connectivity index (χ1n) is 9.93. The molecule has 0 spiro atoms. The largest absolute Gasteiger partial charge is 0.465 e. The van der Waals surface area contributed by atoms with Gasteiger partial charge in [-0.3, -0.25) is 19.3 Å². The Kier molecular flexibility index (Phi) is 5.55. The molecule has 32 heavy (non-hydrogen) atoms. The highest BCUT2D eigenvalue weighted by molar-refractivity contribution is 6.22. The number of amides is 3. The van der Waals surface area contributed by atoms with Gasteiger partial charge in [-0.15, -0.1) is 0 Å². The van der Waals surface area contributed by atoms with Gasteiger partial charge in [0.25, 0.3) is 17.7 Å². The lowest BCUT2D eigenvalue weighted by atomic mass is 10.0. The fourth-order valence-corrected chi connectivity index (χ4v) is 3.54. The highest BCUT2D eigenvalue weighted by Gasteiger charge is 2.36. The maximum absolute atomic E-state index is 12.9. The average Bonchev–Trinajstić information content (AvgIpc) is 3.05. The van der Waals surface area contributed by atoms with Gasteiger partial charge in [0.2, 0.25) is 0 Å². The van der Waals surface area contributed by atoms with E-state index in [-0.39, 0.29) is 29.1 Å². The van der Waals surface area contributed by atoms with Gasteiger partial charge in [-0.25, -0.2) is 4.79 Å². The van der Waals surface area contributed by atoms with E-state index in [1.165, 1.54) is 36.3 Å². The number of aryl methyl sites for hydroxylation is 1. The van der Waals surface area contributed by atoms with Crippen molar-refractivity contribution in [2.45, 2.75) is 13.5 Å². The molecule has 0 radical (unpaired) electrons. The number of carbonyl (C=O) groups is 4. The summed E-state index contributed by atoms with van der Waals surface area (Å²) in [6.45, 7) is 1.96. The second-order valence-corrected chi connectivity index (χ2v) is 7.42. The third kappa shape index (κ3) is 3.88. The number of rotatable bonds is 5. The van der Waals surface area contributed by atoms with Crippen molar-refractivity contribution in [3.05, 3.63) is 100 Å². The van der Waals surface area contributed by atoms with Crippen LogP contribution in [-0.4, -0.2) is 35.7 Å². The zero-order valence-electron chi connectivity index (χ0n) is 17.5. The molecule has 1 heterocycles. The molecule has 1 N–H and O–H groups in total. The van der Waals surface area contributed by atoms with Crippen molar-refractivity contribution in [2.75, 3.05) is 12.4 Å². The Bertz CT molecular complexity index is 1250. The van der Waals surface area contributed by atoms with E-state index in [1.807, 2.05) is 30.3 Å². The summed E-state index contributed by atoms with van der Waals surface area (Å²) in [6.07, 6.45) is 0. The molecule has 0 aromatic heterocycles. The Balaban J connectivity index is 1.57. The summed E-state index contributed by atoms with van der Waals surface area (Å²) < 4.78 is 4.72. The van der Waals surface area contributed by atoms with Gasteiger partial charge in [0.05, 0.1) is 30.3 Å². The van der Waals surface area contributed by atoms with Crippen LogP contribution < -0.4 is 5.32 Å². The first kappa shape index (κ1) is 21.0. The van der Waals surface area contributed by atoms with Crippen LogP contribution in [0.1, 0.15) is 52.6 Å². The van der Waals surface area contributed by atoms with Crippen LogP contribution in [0.2, 0.25) is 0 Å². The second kappa shape index (κ2) is 8.47. The number of benzene rings is 3. The lowest BCUT2D eigenvalue weighted by molar-refractivity contribution is 0.0597. The van der Waals surface area contributed by atoms with E-state index in [9.17, 15) is 19.2 Å². The Morgan fingerprint density at radius 1 is 0.875 bits per heavy atom. The number of anilines is 1.